The van der Waals surface area contributed by atoms with Gasteiger partial charge in [0.2, 0.25) is 0 Å². The molecule has 18 heavy (non-hydrogen) atoms. The van der Waals surface area contributed by atoms with Crippen LogP contribution >= 0.6 is 0 Å². The quantitative estimate of drug-likeness (QED) is 0.623. The molecule has 0 unspecified atom stereocenters. The van der Waals surface area contributed by atoms with Crippen LogP contribution in [0.15, 0.2) is 22.7 Å². The van der Waals surface area contributed by atoms with Gasteiger partial charge >= 0.3 is 0 Å². The van der Waals surface area contributed by atoms with Crippen LogP contribution in [-0.2, 0) is 6.42 Å². The molecule has 0 aliphatic heterocycles. The van der Waals surface area contributed by atoms with E-state index in [4.69, 9.17) is 10.3 Å². The third-order valence-electron chi connectivity index (χ3n) is 2.53. The number of nitrogen functional groups attached to an aromatic ring is 1. The van der Waals surface area contributed by atoms with Gasteiger partial charge in [0.15, 0.2) is 5.82 Å². The molecule has 3 N–H and O–H groups in total. The van der Waals surface area contributed by atoms with Crippen molar-refractivity contribution in [2.24, 2.45) is 0 Å². The molecule has 96 valence electrons. The lowest BCUT2D eigenvalue weighted by atomic mass is 10.2. The Labute approximate surface area is 105 Å². The Kier molecular flexibility index (Phi) is 3.47. The number of likely N-dealkylation sites (N-methyl/N-ethyl adjacent to an activating group) is 1. The minimum absolute atomic E-state index is 0.0473. The second kappa shape index (κ2) is 5.05. The van der Waals surface area contributed by atoms with Gasteiger partial charge in [-0.2, -0.15) is 4.98 Å². The number of rotatable bonds is 4. The predicted octanol–water partition coefficient (Wildman–Crippen LogP) is 1.13. The normalized spacial score (nSPS) is 11.1. The highest BCUT2D eigenvalue weighted by Gasteiger charge is 2.10. The van der Waals surface area contributed by atoms with Gasteiger partial charge in [-0.15, -0.1) is 0 Å². The number of nitrogens with zero attached hydrogens (tertiary/aromatic N) is 3. The van der Waals surface area contributed by atoms with Crippen molar-refractivity contribution in [2.45, 2.75) is 6.42 Å². The van der Waals surface area contributed by atoms with Crippen molar-refractivity contribution in [3.05, 3.63) is 24.0 Å². The molecule has 6 heteroatoms. The number of phenolic OH excluding ortho intramolecular Hbond substituents is 1. The van der Waals surface area contributed by atoms with Crippen LogP contribution in [0.3, 0.4) is 0 Å². The topological polar surface area (TPSA) is 88.4 Å². The summed E-state index contributed by atoms with van der Waals surface area (Å²) in [5.41, 5.74) is 6.61. The average molecular weight is 248 g/mol. The lowest BCUT2D eigenvalue weighted by Crippen LogP contribution is -2.15. The number of phenols is 1. The van der Waals surface area contributed by atoms with Crippen LogP contribution in [0, 0.1) is 0 Å². The van der Waals surface area contributed by atoms with Crippen LogP contribution in [0.2, 0.25) is 0 Å². The second-order valence-corrected chi connectivity index (χ2v) is 4.34. The molecule has 1 heterocycles. The standard InChI is InChI=1S/C12H16N4O2/c1-16(2)6-5-11-14-12(18-15-11)8-3-4-10(17)9(13)7-8/h3-4,7,17H,5-6,13H2,1-2H3. The van der Waals surface area contributed by atoms with E-state index in [1.54, 1.807) is 12.1 Å². The van der Waals surface area contributed by atoms with Crippen LogP contribution in [0.1, 0.15) is 5.82 Å². The van der Waals surface area contributed by atoms with Crippen molar-refractivity contribution in [1.82, 2.24) is 15.0 Å². The van der Waals surface area contributed by atoms with Gasteiger partial charge < -0.3 is 20.3 Å². The van der Waals surface area contributed by atoms with Crippen LogP contribution in [0.5, 0.6) is 5.75 Å². The molecule has 2 aromatic rings. The van der Waals surface area contributed by atoms with Crippen molar-refractivity contribution in [3.8, 4) is 17.2 Å². The van der Waals surface area contributed by atoms with Gasteiger partial charge in [0.1, 0.15) is 5.75 Å². The van der Waals surface area contributed by atoms with E-state index in [9.17, 15) is 5.11 Å². The first-order valence-electron chi connectivity index (χ1n) is 5.62. The van der Waals surface area contributed by atoms with Crippen LogP contribution in [0.25, 0.3) is 11.5 Å². The Bertz CT molecular complexity index is 537. The zero-order valence-corrected chi connectivity index (χ0v) is 10.4. The Morgan fingerprint density at radius 3 is 2.83 bits per heavy atom. The molecule has 0 bridgehead atoms. The Hall–Kier alpha value is -2.08. The van der Waals surface area contributed by atoms with E-state index in [1.807, 2.05) is 14.1 Å². The first kappa shape index (κ1) is 12.4. The van der Waals surface area contributed by atoms with E-state index >= 15 is 0 Å². The Morgan fingerprint density at radius 1 is 1.39 bits per heavy atom. The number of hydrogen-bond donors (Lipinski definition) is 2. The molecule has 0 saturated carbocycles. The van der Waals surface area contributed by atoms with Crippen LogP contribution in [-0.4, -0.2) is 40.8 Å². The molecule has 2 rings (SSSR count). The van der Waals surface area contributed by atoms with Gasteiger partial charge in [0.25, 0.3) is 5.89 Å². The van der Waals surface area contributed by atoms with Gasteiger partial charge in [-0.1, -0.05) is 5.16 Å². The fourth-order valence-electron chi connectivity index (χ4n) is 1.48. The summed E-state index contributed by atoms with van der Waals surface area (Å²) >= 11 is 0. The van der Waals surface area contributed by atoms with E-state index in [-0.39, 0.29) is 5.75 Å². The maximum Gasteiger partial charge on any atom is 0.258 e. The molecule has 0 amide bonds. The van der Waals surface area contributed by atoms with Gasteiger partial charge in [-0.05, 0) is 32.3 Å². The molecule has 0 aliphatic carbocycles. The van der Waals surface area contributed by atoms with Crippen molar-refractivity contribution in [2.75, 3.05) is 26.4 Å². The van der Waals surface area contributed by atoms with E-state index in [0.717, 1.165) is 13.0 Å². The lowest BCUT2D eigenvalue weighted by molar-refractivity contribution is 0.392. The van der Waals surface area contributed by atoms with Gasteiger partial charge in [-0.25, -0.2) is 0 Å². The molecule has 0 spiro atoms. The third-order valence-corrected chi connectivity index (χ3v) is 2.53. The fourth-order valence-corrected chi connectivity index (χ4v) is 1.48. The van der Waals surface area contributed by atoms with Crippen molar-refractivity contribution < 1.29 is 9.63 Å². The summed E-state index contributed by atoms with van der Waals surface area (Å²) in [7, 11) is 3.98. The second-order valence-electron chi connectivity index (χ2n) is 4.34. The molecule has 0 radical (unpaired) electrons. The maximum atomic E-state index is 9.34. The third kappa shape index (κ3) is 2.78. The summed E-state index contributed by atoms with van der Waals surface area (Å²) in [6.45, 7) is 0.858. The molecule has 0 saturated heterocycles. The monoisotopic (exact) mass is 248 g/mol. The SMILES string of the molecule is CN(C)CCc1noc(-c2ccc(O)c(N)c2)n1. The van der Waals surface area contributed by atoms with E-state index in [1.165, 1.54) is 6.07 Å². The number of hydrogen-bond acceptors (Lipinski definition) is 6. The highest BCUT2D eigenvalue weighted by Crippen LogP contribution is 2.26. The highest BCUT2D eigenvalue weighted by atomic mass is 16.5. The molecule has 6 nitrogen and oxygen atoms in total. The van der Waals surface area contributed by atoms with Crippen molar-refractivity contribution >= 4 is 5.69 Å². The minimum Gasteiger partial charge on any atom is -0.506 e. The van der Waals surface area contributed by atoms with Crippen molar-refractivity contribution in [3.63, 3.8) is 0 Å². The number of nitrogens with two attached hydrogens (primary N) is 1. The average Bonchev–Trinajstić information content (AvgIpc) is 2.79. The summed E-state index contributed by atoms with van der Waals surface area (Å²) in [6.07, 6.45) is 0.726. The van der Waals surface area contributed by atoms with Gasteiger partial charge in [0.05, 0.1) is 5.69 Å². The summed E-state index contributed by atoms with van der Waals surface area (Å²) in [4.78, 5) is 6.33. The Balaban J connectivity index is 2.16. The Morgan fingerprint density at radius 2 is 2.17 bits per heavy atom. The summed E-state index contributed by atoms with van der Waals surface area (Å²) in [5, 5.41) is 13.2. The number of anilines is 1. The number of benzene rings is 1. The summed E-state index contributed by atoms with van der Waals surface area (Å²) in [6, 6.07) is 4.81. The van der Waals surface area contributed by atoms with Crippen LogP contribution < -0.4 is 5.73 Å². The number of aromatic nitrogens is 2. The fraction of sp³-hybridized carbons (Fsp3) is 0.333. The first-order chi connectivity index (χ1) is 8.56. The van der Waals surface area contributed by atoms with Gasteiger partial charge in [-0.3, -0.25) is 0 Å². The van der Waals surface area contributed by atoms with E-state index in [2.05, 4.69) is 15.0 Å². The summed E-state index contributed by atoms with van der Waals surface area (Å²) < 4.78 is 5.16. The maximum absolute atomic E-state index is 9.34. The van der Waals surface area contributed by atoms with E-state index in [0.29, 0.717) is 23.0 Å². The smallest absolute Gasteiger partial charge is 0.258 e. The number of aromatic hydroxyl groups is 1. The predicted molar refractivity (Wildman–Crippen MR) is 68.1 cm³/mol. The molecular weight excluding hydrogens is 232 g/mol. The van der Waals surface area contributed by atoms with Gasteiger partial charge in [0, 0.05) is 18.5 Å². The highest BCUT2D eigenvalue weighted by molar-refractivity contribution is 5.64. The van der Waals surface area contributed by atoms with Crippen LogP contribution in [0.4, 0.5) is 5.69 Å². The largest absolute Gasteiger partial charge is 0.506 e. The summed E-state index contributed by atoms with van der Waals surface area (Å²) in [5.74, 6) is 1.12. The molecule has 1 aromatic carbocycles. The zero-order valence-electron chi connectivity index (χ0n) is 10.4. The first-order valence-corrected chi connectivity index (χ1v) is 5.62. The molecule has 0 aliphatic rings. The molecular formula is C12H16N4O2. The zero-order chi connectivity index (χ0) is 13.1. The molecule has 1 aromatic heterocycles. The van der Waals surface area contributed by atoms with E-state index < -0.39 is 0 Å². The molecule has 0 atom stereocenters. The van der Waals surface area contributed by atoms with Crippen molar-refractivity contribution in [1.29, 1.82) is 0 Å². The minimum atomic E-state index is 0.0473. The molecule has 0 fully saturated rings. The lowest BCUT2D eigenvalue weighted by Gasteiger charge is -2.05.